The molecule has 4 rings (SSSR count). The molecule has 2 amide bonds. The van der Waals surface area contributed by atoms with Crippen LogP contribution < -0.4 is 5.32 Å². The van der Waals surface area contributed by atoms with Crippen LogP contribution in [0.4, 0.5) is 4.39 Å². The van der Waals surface area contributed by atoms with Gasteiger partial charge in [-0.15, -0.1) is 0 Å². The van der Waals surface area contributed by atoms with E-state index in [2.05, 4.69) is 10.4 Å². The lowest BCUT2D eigenvalue weighted by atomic mass is 9.95. The zero-order valence-corrected chi connectivity index (χ0v) is 17.2. The predicted octanol–water partition coefficient (Wildman–Crippen LogP) is 3.22. The molecule has 31 heavy (non-hydrogen) atoms. The molecule has 3 aromatic rings. The fraction of sp³-hybridized carbons (Fsp3) is 0.292. The van der Waals surface area contributed by atoms with Gasteiger partial charge < -0.3 is 10.2 Å². The lowest BCUT2D eigenvalue weighted by molar-refractivity contribution is -0.126. The van der Waals surface area contributed by atoms with Gasteiger partial charge in [0, 0.05) is 37.3 Å². The van der Waals surface area contributed by atoms with E-state index in [0.717, 1.165) is 11.3 Å². The normalized spacial score (nSPS) is 14.4. The molecule has 1 N–H and O–H groups in total. The van der Waals surface area contributed by atoms with Crippen molar-refractivity contribution in [2.75, 3.05) is 19.6 Å². The molecule has 6 nitrogen and oxygen atoms in total. The molecule has 1 aliphatic heterocycles. The van der Waals surface area contributed by atoms with Crippen LogP contribution in [0.25, 0.3) is 5.69 Å². The first-order valence-corrected chi connectivity index (χ1v) is 10.5. The van der Waals surface area contributed by atoms with Gasteiger partial charge in [-0.1, -0.05) is 18.2 Å². The number of hydrogen-bond donors (Lipinski definition) is 1. The number of aromatic nitrogens is 2. The molecular weight excluding hydrogens is 395 g/mol. The molecular formula is C24H25FN4O2. The summed E-state index contributed by atoms with van der Waals surface area (Å²) in [4.78, 5) is 26.8. The van der Waals surface area contributed by atoms with Crippen LogP contribution in [0.2, 0.25) is 0 Å². The number of para-hydroxylation sites is 1. The van der Waals surface area contributed by atoms with Crippen molar-refractivity contribution in [3.63, 3.8) is 0 Å². The van der Waals surface area contributed by atoms with E-state index in [0.29, 0.717) is 44.5 Å². The van der Waals surface area contributed by atoms with E-state index >= 15 is 0 Å². The molecule has 0 aliphatic carbocycles. The van der Waals surface area contributed by atoms with Gasteiger partial charge >= 0.3 is 0 Å². The zero-order chi connectivity index (χ0) is 21.6. The van der Waals surface area contributed by atoms with Crippen LogP contribution in [0.5, 0.6) is 0 Å². The molecule has 0 spiro atoms. The first-order chi connectivity index (χ1) is 15.1. The Morgan fingerprint density at radius 1 is 1.03 bits per heavy atom. The third-order valence-corrected chi connectivity index (χ3v) is 5.61. The van der Waals surface area contributed by atoms with Crippen molar-refractivity contribution in [3.8, 4) is 5.69 Å². The lowest BCUT2D eigenvalue weighted by Gasteiger charge is -2.31. The van der Waals surface area contributed by atoms with E-state index in [1.54, 1.807) is 4.90 Å². The van der Waals surface area contributed by atoms with Crippen LogP contribution in [0, 0.1) is 11.7 Å². The Labute approximate surface area is 180 Å². The van der Waals surface area contributed by atoms with Crippen LogP contribution >= 0.6 is 0 Å². The molecule has 2 aromatic carbocycles. The summed E-state index contributed by atoms with van der Waals surface area (Å²) in [5.74, 6) is -0.540. The molecule has 1 fully saturated rings. The van der Waals surface area contributed by atoms with Crippen LogP contribution in [0.15, 0.2) is 67.0 Å². The van der Waals surface area contributed by atoms with Gasteiger partial charge in [-0.2, -0.15) is 5.10 Å². The number of likely N-dealkylation sites (tertiary alicyclic amines) is 1. The molecule has 0 saturated carbocycles. The van der Waals surface area contributed by atoms with Crippen molar-refractivity contribution in [3.05, 3.63) is 83.9 Å². The summed E-state index contributed by atoms with van der Waals surface area (Å²) in [6, 6.07) is 15.5. The van der Waals surface area contributed by atoms with Gasteiger partial charge in [0.05, 0.1) is 11.9 Å². The van der Waals surface area contributed by atoms with E-state index in [4.69, 9.17) is 0 Å². The van der Waals surface area contributed by atoms with Gasteiger partial charge in [0.2, 0.25) is 5.91 Å². The Kier molecular flexibility index (Phi) is 6.40. The summed E-state index contributed by atoms with van der Waals surface area (Å²) in [5.41, 5.74) is 2.53. The summed E-state index contributed by atoms with van der Waals surface area (Å²) >= 11 is 0. The van der Waals surface area contributed by atoms with E-state index in [-0.39, 0.29) is 23.5 Å². The van der Waals surface area contributed by atoms with Crippen molar-refractivity contribution in [1.82, 2.24) is 20.0 Å². The van der Waals surface area contributed by atoms with Gasteiger partial charge in [-0.25, -0.2) is 9.07 Å². The number of nitrogens with one attached hydrogen (secondary N) is 1. The summed E-state index contributed by atoms with van der Waals surface area (Å²) in [5, 5.41) is 7.39. The lowest BCUT2D eigenvalue weighted by Crippen LogP contribution is -2.43. The van der Waals surface area contributed by atoms with Crippen molar-refractivity contribution >= 4 is 11.8 Å². The Morgan fingerprint density at radius 2 is 1.74 bits per heavy atom. The molecule has 0 bridgehead atoms. The van der Waals surface area contributed by atoms with Gasteiger partial charge in [-0.3, -0.25) is 9.59 Å². The van der Waals surface area contributed by atoms with Crippen LogP contribution in [-0.2, 0) is 11.2 Å². The van der Waals surface area contributed by atoms with Crippen molar-refractivity contribution in [1.29, 1.82) is 0 Å². The smallest absolute Gasteiger partial charge is 0.253 e. The Balaban J connectivity index is 1.21. The van der Waals surface area contributed by atoms with E-state index in [1.807, 2.05) is 47.4 Å². The van der Waals surface area contributed by atoms with Gasteiger partial charge in [0.15, 0.2) is 0 Å². The number of carbonyl (C=O) groups is 2. The van der Waals surface area contributed by atoms with E-state index < -0.39 is 0 Å². The van der Waals surface area contributed by atoms with Crippen molar-refractivity contribution in [2.45, 2.75) is 19.3 Å². The number of halogens is 1. The summed E-state index contributed by atoms with van der Waals surface area (Å²) in [6.45, 7) is 1.60. The van der Waals surface area contributed by atoms with Crippen LogP contribution in [0.1, 0.15) is 28.8 Å². The fourth-order valence-corrected chi connectivity index (χ4v) is 3.81. The number of nitrogens with zero attached hydrogens (tertiary/aromatic N) is 3. The maximum Gasteiger partial charge on any atom is 0.253 e. The highest BCUT2D eigenvalue weighted by atomic mass is 19.1. The minimum atomic E-state index is -0.362. The number of hydrogen-bond acceptors (Lipinski definition) is 3. The highest BCUT2D eigenvalue weighted by Crippen LogP contribution is 2.19. The highest BCUT2D eigenvalue weighted by Gasteiger charge is 2.27. The fourth-order valence-electron chi connectivity index (χ4n) is 3.81. The van der Waals surface area contributed by atoms with E-state index in [1.165, 1.54) is 24.3 Å². The summed E-state index contributed by atoms with van der Waals surface area (Å²) < 4.78 is 14.9. The zero-order valence-electron chi connectivity index (χ0n) is 17.2. The van der Waals surface area contributed by atoms with Crippen molar-refractivity contribution in [2.24, 2.45) is 5.92 Å². The number of carbonyl (C=O) groups excluding carboxylic acids is 2. The number of rotatable bonds is 6. The maximum absolute atomic E-state index is 13.0. The highest BCUT2D eigenvalue weighted by molar-refractivity contribution is 5.94. The minimum Gasteiger partial charge on any atom is -0.356 e. The second kappa shape index (κ2) is 9.55. The molecule has 160 valence electrons. The van der Waals surface area contributed by atoms with Crippen LogP contribution in [0.3, 0.4) is 0 Å². The molecule has 2 heterocycles. The Morgan fingerprint density at radius 3 is 2.45 bits per heavy atom. The topological polar surface area (TPSA) is 67.2 Å². The summed E-state index contributed by atoms with van der Waals surface area (Å²) in [7, 11) is 0. The second-order valence-electron chi connectivity index (χ2n) is 7.74. The first-order valence-electron chi connectivity index (χ1n) is 10.5. The van der Waals surface area contributed by atoms with Gasteiger partial charge in [0.25, 0.3) is 5.91 Å². The molecule has 0 unspecified atom stereocenters. The predicted molar refractivity (Wildman–Crippen MR) is 115 cm³/mol. The Bertz CT molecular complexity index is 1030. The summed E-state index contributed by atoms with van der Waals surface area (Å²) in [6.07, 6.45) is 5.76. The SMILES string of the molecule is O=C(NCCc1cnn(-c2ccccc2)c1)C1CCN(C(=O)c2ccc(F)cc2)CC1. The maximum atomic E-state index is 13.0. The number of amides is 2. The van der Waals surface area contributed by atoms with Crippen molar-refractivity contribution < 1.29 is 14.0 Å². The first kappa shape index (κ1) is 20.8. The third kappa shape index (κ3) is 5.17. The third-order valence-electron chi connectivity index (χ3n) is 5.61. The monoisotopic (exact) mass is 420 g/mol. The number of piperidine rings is 1. The molecule has 1 saturated heterocycles. The molecule has 1 aliphatic rings. The Hall–Kier alpha value is -3.48. The molecule has 0 atom stereocenters. The van der Waals surface area contributed by atoms with Gasteiger partial charge in [-0.05, 0) is 61.2 Å². The average molecular weight is 420 g/mol. The minimum absolute atomic E-state index is 0.0318. The largest absolute Gasteiger partial charge is 0.356 e. The number of benzene rings is 2. The van der Waals surface area contributed by atoms with Gasteiger partial charge in [0.1, 0.15) is 5.82 Å². The molecule has 7 heteroatoms. The quantitative estimate of drug-likeness (QED) is 0.666. The standard InChI is InChI=1S/C24H25FN4O2/c25-21-8-6-20(7-9-21)24(31)28-14-11-19(12-15-28)23(30)26-13-10-18-16-27-29(17-18)22-4-2-1-3-5-22/h1-9,16-17,19H,10-15H2,(H,26,30). The van der Waals surface area contributed by atoms with E-state index in [9.17, 15) is 14.0 Å². The molecule has 0 radical (unpaired) electrons. The molecule has 1 aromatic heterocycles. The second-order valence-corrected chi connectivity index (χ2v) is 7.74. The average Bonchev–Trinajstić information content (AvgIpc) is 3.29. The van der Waals surface area contributed by atoms with Crippen LogP contribution in [-0.4, -0.2) is 46.1 Å².